The average molecular weight is 330 g/mol. The Balaban J connectivity index is 2.15. The summed E-state index contributed by atoms with van der Waals surface area (Å²) in [6, 6.07) is 3.92. The van der Waals surface area contributed by atoms with Crippen molar-refractivity contribution in [1.82, 2.24) is 4.90 Å². The molecule has 0 aromatic heterocycles. The number of ether oxygens (including phenoxy) is 2. The van der Waals surface area contributed by atoms with Crippen molar-refractivity contribution in [3.05, 3.63) is 22.2 Å². The zero-order valence-corrected chi connectivity index (χ0v) is 12.9. The highest BCUT2D eigenvalue weighted by Crippen LogP contribution is 2.34. The summed E-state index contributed by atoms with van der Waals surface area (Å²) >= 11 is 3.57. The Kier molecular flexibility index (Phi) is 5.07. The second-order valence-electron chi connectivity index (χ2n) is 4.83. The molecule has 0 amide bonds. The topological polar surface area (TPSA) is 41.9 Å². The zero-order valence-electron chi connectivity index (χ0n) is 11.4. The number of hydrogen-bond acceptors (Lipinski definition) is 4. The predicted octanol–water partition coefficient (Wildman–Crippen LogP) is 2.42. The molecule has 1 fully saturated rings. The molecule has 19 heavy (non-hydrogen) atoms. The first-order valence-electron chi connectivity index (χ1n) is 6.45. The Labute approximate surface area is 122 Å². The molecule has 1 aromatic rings. The molecule has 0 saturated carbocycles. The number of aliphatic hydroxyl groups excluding tert-OH is 1. The van der Waals surface area contributed by atoms with Crippen molar-refractivity contribution in [2.24, 2.45) is 0 Å². The SMILES string of the molecule is COc1cc(Br)c(CN2CCC[C@H](O)C2)cc1OC. The molecule has 5 heteroatoms. The van der Waals surface area contributed by atoms with Gasteiger partial charge in [-0.15, -0.1) is 0 Å². The molecule has 0 spiro atoms. The van der Waals surface area contributed by atoms with E-state index in [2.05, 4.69) is 20.8 Å². The Morgan fingerprint density at radius 2 is 2.00 bits per heavy atom. The summed E-state index contributed by atoms with van der Waals surface area (Å²) in [5.41, 5.74) is 1.15. The molecule has 0 bridgehead atoms. The van der Waals surface area contributed by atoms with Gasteiger partial charge in [0.15, 0.2) is 11.5 Å². The maximum Gasteiger partial charge on any atom is 0.161 e. The van der Waals surface area contributed by atoms with Gasteiger partial charge < -0.3 is 14.6 Å². The second-order valence-corrected chi connectivity index (χ2v) is 5.68. The maximum atomic E-state index is 9.71. The summed E-state index contributed by atoms with van der Waals surface area (Å²) in [5, 5.41) is 9.71. The van der Waals surface area contributed by atoms with E-state index in [-0.39, 0.29) is 6.10 Å². The van der Waals surface area contributed by atoms with Gasteiger partial charge in [0.2, 0.25) is 0 Å². The van der Waals surface area contributed by atoms with Crippen LogP contribution in [0.1, 0.15) is 18.4 Å². The van der Waals surface area contributed by atoms with Crippen LogP contribution in [0.3, 0.4) is 0 Å². The second kappa shape index (κ2) is 6.59. The number of benzene rings is 1. The Morgan fingerprint density at radius 1 is 1.32 bits per heavy atom. The average Bonchev–Trinajstić information content (AvgIpc) is 2.40. The zero-order chi connectivity index (χ0) is 13.8. The molecule has 1 heterocycles. The summed E-state index contributed by atoms with van der Waals surface area (Å²) < 4.78 is 11.6. The van der Waals surface area contributed by atoms with Gasteiger partial charge >= 0.3 is 0 Å². The Morgan fingerprint density at radius 3 is 2.63 bits per heavy atom. The van der Waals surface area contributed by atoms with Crippen LogP contribution in [-0.4, -0.2) is 43.4 Å². The summed E-state index contributed by atoms with van der Waals surface area (Å²) in [5.74, 6) is 1.45. The number of halogens is 1. The van der Waals surface area contributed by atoms with Gasteiger partial charge in [-0.1, -0.05) is 15.9 Å². The van der Waals surface area contributed by atoms with Crippen molar-refractivity contribution in [1.29, 1.82) is 0 Å². The van der Waals surface area contributed by atoms with Crippen LogP contribution in [0.4, 0.5) is 0 Å². The first kappa shape index (κ1) is 14.6. The van der Waals surface area contributed by atoms with E-state index in [0.717, 1.165) is 54.0 Å². The summed E-state index contributed by atoms with van der Waals surface area (Å²) in [6.45, 7) is 2.57. The van der Waals surface area contributed by atoms with Crippen molar-refractivity contribution in [3.63, 3.8) is 0 Å². The molecule has 4 nitrogen and oxygen atoms in total. The Hall–Kier alpha value is -0.780. The minimum atomic E-state index is -0.201. The summed E-state index contributed by atoms with van der Waals surface area (Å²) in [4.78, 5) is 2.26. The summed E-state index contributed by atoms with van der Waals surface area (Å²) in [6.07, 6.45) is 1.75. The fourth-order valence-corrected chi connectivity index (χ4v) is 2.88. The number of hydrogen-bond donors (Lipinski definition) is 1. The Bertz CT molecular complexity index is 439. The number of piperidine rings is 1. The van der Waals surface area contributed by atoms with Crippen LogP contribution < -0.4 is 9.47 Å². The van der Waals surface area contributed by atoms with Crippen LogP contribution in [-0.2, 0) is 6.54 Å². The van der Waals surface area contributed by atoms with E-state index >= 15 is 0 Å². The normalized spacial score (nSPS) is 20.3. The highest BCUT2D eigenvalue weighted by molar-refractivity contribution is 9.10. The quantitative estimate of drug-likeness (QED) is 0.921. The first-order valence-corrected chi connectivity index (χ1v) is 7.24. The molecule has 0 aliphatic carbocycles. The van der Waals surface area contributed by atoms with Crippen molar-refractivity contribution >= 4 is 15.9 Å². The third-order valence-corrected chi connectivity index (χ3v) is 4.17. The van der Waals surface area contributed by atoms with Crippen molar-refractivity contribution in [2.45, 2.75) is 25.5 Å². The molecular weight excluding hydrogens is 310 g/mol. The van der Waals surface area contributed by atoms with Crippen LogP contribution in [0, 0.1) is 0 Å². The van der Waals surface area contributed by atoms with Crippen molar-refractivity contribution in [3.8, 4) is 11.5 Å². The number of β-amino-alcohol motifs (C(OH)–C–C–N with tert-alkyl or cyclic N) is 1. The van der Waals surface area contributed by atoms with Gasteiger partial charge in [0.1, 0.15) is 0 Å². The molecule has 0 unspecified atom stereocenters. The lowest BCUT2D eigenvalue weighted by molar-refractivity contribution is 0.0667. The van der Waals surface area contributed by atoms with Gasteiger partial charge in [0, 0.05) is 17.6 Å². The third kappa shape index (κ3) is 3.61. The smallest absolute Gasteiger partial charge is 0.161 e. The molecule has 1 saturated heterocycles. The highest BCUT2D eigenvalue weighted by atomic mass is 79.9. The molecule has 106 valence electrons. The first-order chi connectivity index (χ1) is 9.13. The van der Waals surface area contributed by atoms with Crippen LogP contribution in [0.2, 0.25) is 0 Å². The molecule has 1 N–H and O–H groups in total. The minimum absolute atomic E-state index is 0.201. The predicted molar refractivity (Wildman–Crippen MR) is 77.8 cm³/mol. The van der Waals surface area contributed by atoms with Gasteiger partial charge in [-0.25, -0.2) is 0 Å². The lowest BCUT2D eigenvalue weighted by Gasteiger charge is -2.30. The van der Waals surface area contributed by atoms with Crippen LogP contribution in [0.25, 0.3) is 0 Å². The maximum absolute atomic E-state index is 9.71. The highest BCUT2D eigenvalue weighted by Gasteiger charge is 2.19. The van der Waals surface area contributed by atoms with E-state index in [1.807, 2.05) is 12.1 Å². The van der Waals surface area contributed by atoms with E-state index in [0.29, 0.717) is 0 Å². The van der Waals surface area contributed by atoms with E-state index < -0.39 is 0 Å². The van der Waals surface area contributed by atoms with E-state index in [1.165, 1.54) is 0 Å². The number of aliphatic hydroxyl groups is 1. The fraction of sp³-hybridized carbons (Fsp3) is 0.571. The van der Waals surface area contributed by atoms with E-state index in [9.17, 15) is 5.11 Å². The molecular formula is C14H20BrNO3. The van der Waals surface area contributed by atoms with Gasteiger partial charge in [-0.05, 0) is 37.1 Å². The number of methoxy groups -OCH3 is 2. The van der Waals surface area contributed by atoms with Crippen molar-refractivity contribution < 1.29 is 14.6 Å². The van der Waals surface area contributed by atoms with E-state index in [4.69, 9.17) is 9.47 Å². The van der Waals surface area contributed by atoms with Crippen LogP contribution in [0.5, 0.6) is 11.5 Å². The number of likely N-dealkylation sites (tertiary alicyclic amines) is 1. The van der Waals surface area contributed by atoms with Gasteiger partial charge in [-0.2, -0.15) is 0 Å². The number of rotatable bonds is 4. The lowest BCUT2D eigenvalue weighted by atomic mass is 10.1. The van der Waals surface area contributed by atoms with Crippen molar-refractivity contribution in [2.75, 3.05) is 27.3 Å². The largest absolute Gasteiger partial charge is 0.493 e. The minimum Gasteiger partial charge on any atom is -0.493 e. The fourth-order valence-electron chi connectivity index (χ4n) is 2.43. The lowest BCUT2D eigenvalue weighted by Crippen LogP contribution is -2.37. The molecule has 1 aromatic carbocycles. The van der Waals surface area contributed by atoms with Crippen LogP contribution >= 0.6 is 15.9 Å². The monoisotopic (exact) mass is 329 g/mol. The van der Waals surface area contributed by atoms with E-state index in [1.54, 1.807) is 14.2 Å². The van der Waals surface area contributed by atoms with Gasteiger partial charge in [-0.3, -0.25) is 4.90 Å². The standard InChI is InChI=1S/C14H20BrNO3/c1-18-13-6-10(12(15)7-14(13)19-2)8-16-5-3-4-11(17)9-16/h6-7,11,17H,3-5,8-9H2,1-2H3/t11-/m0/s1. The van der Waals surface area contributed by atoms with Crippen LogP contribution in [0.15, 0.2) is 16.6 Å². The molecule has 1 aliphatic rings. The molecule has 1 atom stereocenters. The molecule has 2 rings (SSSR count). The summed E-state index contributed by atoms with van der Waals surface area (Å²) in [7, 11) is 3.27. The van der Waals surface area contributed by atoms with Gasteiger partial charge in [0.05, 0.1) is 20.3 Å². The van der Waals surface area contributed by atoms with Gasteiger partial charge in [0.25, 0.3) is 0 Å². The third-order valence-electron chi connectivity index (χ3n) is 3.43. The molecule has 1 aliphatic heterocycles. The molecule has 0 radical (unpaired) electrons. The number of nitrogens with zero attached hydrogens (tertiary/aromatic N) is 1.